The van der Waals surface area contributed by atoms with Gasteiger partial charge in [-0.3, -0.25) is 4.79 Å². The first-order chi connectivity index (χ1) is 5.34. The van der Waals surface area contributed by atoms with Crippen molar-refractivity contribution in [1.82, 2.24) is 4.90 Å². The molecule has 0 aromatic heterocycles. The molecule has 0 aliphatic carbocycles. The van der Waals surface area contributed by atoms with E-state index in [9.17, 15) is 4.79 Å². The Balaban J connectivity index is 2.34. The number of nitrogens with zero attached hydrogens (tertiary/aromatic N) is 2. The summed E-state index contributed by atoms with van der Waals surface area (Å²) in [5.74, 6) is 2.12. The second kappa shape index (κ2) is 4.24. The van der Waals surface area contributed by atoms with E-state index in [0.717, 1.165) is 24.6 Å². The molecule has 0 spiro atoms. The molecule has 0 aromatic carbocycles. The minimum absolute atomic E-state index is 0.0489. The molecule has 1 aliphatic heterocycles. The summed E-state index contributed by atoms with van der Waals surface area (Å²) in [5, 5.41) is 0. The van der Waals surface area contributed by atoms with Crippen molar-refractivity contribution in [3.63, 3.8) is 0 Å². The second-order valence-electron chi connectivity index (χ2n) is 2.33. The van der Waals surface area contributed by atoms with Crippen LogP contribution in [0.25, 0.3) is 4.85 Å². The van der Waals surface area contributed by atoms with Crippen LogP contribution in [-0.2, 0) is 4.79 Å². The summed E-state index contributed by atoms with van der Waals surface area (Å²) in [7, 11) is 0. The van der Waals surface area contributed by atoms with Gasteiger partial charge in [-0.1, -0.05) is 4.85 Å². The minimum Gasteiger partial charge on any atom is -0.334 e. The number of amides is 1. The molecule has 11 heavy (non-hydrogen) atoms. The number of carbonyl (C=O) groups is 1. The van der Waals surface area contributed by atoms with Crippen LogP contribution in [0.4, 0.5) is 0 Å². The molecule has 0 N–H and O–H groups in total. The zero-order chi connectivity index (χ0) is 8.10. The molecule has 0 atom stereocenters. The highest BCUT2D eigenvalue weighted by atomic mass is 32.2. The maximum Gasteiger partial charge on any atom is 0.339 e. The summed E-state index contributed by atoms with van der Waals surface area (Å²) in [6.07, 6.45) is 0. The van der Waals surface area contributed by atoms with E-state index in [1.807, 2.05) is 16.7 Å². The van der Waals surface area contributed by atoms with Crippen LogP contribution in [0.2, 0.25) is 0 Å². The third-order valence-electron chi connectivity index (χ3n) is 1.59. The Hall–Kier alpha value is -0.690. The lowest BCUT2D eigenvalue weighted by atomic mass is 10.4. The number of hydrogen-bond acceptors (Lipinski definition) is 2. The Labute approximate surface area is 70.6 Å². The predicted molar refractivity (Wildman–Crippen MR) is 47.1 cm³/mol. The third-order valence-corrected chi connectivity index (χ3v) is 2.53. The Morgan fingerprint density at radius 3 is 2.73 bits per heavy atom. The van der Waals surface area contributed by atoms with Gasteiger partial charge in [0.2, 0.25) is 0 Å². The molecule has 1 aliphatic rings. The molecule has 0 radical (unpaired) electrons. The number of thioether (sulfide) groups is 1. The molecular weight excluding hydrogens is 160 g/mol. The summed E-state index contributed by atoms with van der Waals surface area (Å²) in [6.45, 7) is 6.73. The van der Waals surface area contributed by atoms with E-state index in [-0.39, 0.29) is 12.5 Å². The van der Waals surface area contributed by atoms with Crippen molar-refractivity contribution in [2.75, 3.05) is 31.1 Å². The van der Waals surface area contributed by atoms with Crippen molar-refractivity contribution < 1.29 is 4.79 Å². The summed E-state index contributed by atoms with van der Waals surface area (Å²) in [5.41, 5.74) is 0. The lowest BCUT2D eigenvalue weighted by molar-refractivity contribution is -0.128. The number of rotatable bonds is 1. The molecule has 1 amide bonds. The molecule has 1 fully saturated rings. The highest BCUT2D eigenvalue weighted by Gasteiger charge is 2.19. The molecule has 0 saturated carbocycles. The van der Waals surface area contributed by atoms with E-state index in [1.165, 1.54) is 0 Å². The fourth-order valence-corrected chi connectivity index (χ4v) is 1.89. The molecule has 1 rings (SSSR count). The molecule has 1 heterocycles. The van der Waals surface area contributed by atoms with Gasteiger partial charge >= 0.3 is 12.5 Å². The van der Waals surface area contributed by atoms with Gasteiger partial charge in [-0.2, -0.15) is 11.8 Å². The highest BCUT2D eigenvalue weighted by molar-refractivity contribution is 7.99. The van der Waals surface area contributed by atoms with E-state index < -0.39 is 0 Å². The molecule has 0 bridgehead atoms. The van der Waals surface area contributed by atoms with Crippen LogP contribution in [0.3, 0.4) is 0 Å². The van der Waals surface area contributed by atoms with Gasteiger partial charge in [-0.25, -0.2) is 0 Å². The van der Waals surface area contributed by atoms with E-state index in [4.69, 9.17) is 6.57 Å². The van der Waals surface area contributed by atoms with Crippen molar-refractivity contribution in [2.45, 2.75) is 0 Å². The Morgan fingerprint density at radius 1 is 1.55 bits per heavy atom. The molecular formula is C7H11N2OS+. The van der Waals surface area contributed by atoms with Gasteiger partial charge in [0.05, 0.1) is 0 Å². The molecule has 1 saturated heterocycles. The molecule has 3 nitrogen and oxygen atoms in total. The highest BCUT2D eigenvalue weighted by Crippen LogP contribution is 2.08. The van der Waals surface area contributed by atoms with E-state index in [0.29, 0.717) is 0 Å². The largest absolute Gasteiger partial charge is 0.339 e. The van der Waals surface area contributed by atoms with E-state index in [1.54, 1.807) is 0 Å². The number of carbonyl (C=O) groups excluding carboxylic acids is 1. The molecule has 4 heteroatoms. The molecule has 0 aromatic rings. The summed E-state index contributed by atoms with van der Waals surface area (Å²) < 4.78 is 0. The second-order valence-corrected chi connectivity index (χ2v) is 3.56. The average Bonchev–Trinajstić information content (AvgIpc) is 2.07. The van der Waals surface area contributed by atoms with Crippen LogP contribution in [0.15, 0.2) is 0 Å². The van der Waals surface area contributed by atoms with Gasteiger partial charge in [-0.05, 0) is 0 Å². The summed E-state index contributed by atoms with van der Waals surface area (Å²) in [6, 6.07) is 0. The van der Waals surface area contributed by atoms with Gasteiger partial charge in [-0.15, -0.1) is 0 Å². The topological polar surface area (TPSA) is 24.7 Å². The lowest BCUT2D eigenvalue weighted by Crippen LogP contribution is -2.38. The smallest absolute Gasteiger partial charge is 0.334 e. The maximum absolute atomic E-state index is 11.1. The standard InChI is InChI=1S/C7H11N2OS/c1-8-6-7(10)9-2-4-11-5-3-9/h1H,2-6H2/q+1. The summed E-state index contributed by atoms with van der Waals surface area (Å²) >= 11 is 1.88. The van der Waals surface area contributed by atoms with Crippen LogP contribution in [0.5, 0.6) is 0 Å². The fraction of sp³-hybridized carbons (Fsp3) is 0.714. The van der Waals surface area contributed by atoms with E-state index >= 15 is 0 Å². The van der Waals surface area contributed by atoms with Crippen molar-refractivity contribution in [3.8, 4) is 6.57 Å². The first-order valence-corrected chi connectivity index (χ1v) is 4.72. The molecule has 60 valence electrons. The molecule has 0 unspecified atom stereocenters. The van der Waals surface area contributed by atoms with Crippen LogP contribution in [-0.4, -0.2) is 41.9 Å². The van der Waals surface area contributed by atoms with Gasteiger partial charge in [0.25, 0.3) is 6.57 Å². The first-order valence-electron chi connectivity index (χ1n) is 3.57. The lowest BCUT2D eigenvalue weighted by Gasteiger charge is -2.23. The minimum atomic E-state index is 0.0489. The Kier molecular flexibility index (Phi) is 3.24. The average molecular weight is 171 g/mol. The Bertz CT molecular complexity index is 181. The first kappa shape index (κ1) is 8.41. The van der Waals surface area contributed by atoms with Crippen molar-refractivity contribution in [2.24, 2.45) is 0 Å². The summed E-state index contributed by atoms with van der Waals surface area (Å²) in [4.78, 5) is 16.3. The fourth-order valence-electron chi connectivity index (χ4n) is 0.991. The van der Waals surface area contributed by atoms with Gasteiger partial charge in [0.15, 0.2) is 0 Å². The van der Waals surface area contributed by atoms with Crippen LogP contribution in [0.1, 0.15) is 0 Å². The van der Waals surface area contributed by atoms with Crippen LogP contribution >= 0.6 is 11.8 Å². The van der Waals surface area contributed by atoms with Gasteiger partial charge in [0, 0.05) is 24.6 Å². The Morgan fingerprint density at radius 2 is 2.18 bits per heavy atom. The van der Waals surface area contributed by atoms with Gasteiger partial charge < -0.3 is 4.90 Å². The van der Waals surface area contributed by atoms with E-state index in [2.05, 4.69) is 4.85 Å². The predicted octanol–water partition coefficient (Wildman–Crippen LogP) is 0.525. The SMILES string of the molecule is C#[N+]CC(=O)N1CCSCC1. The zero-order valence-corrected chi connectivity index (χ0v) is 7.14. The zero-order valence-electron chi connectivity index (χ0n) is 6.32. The maximum atomic E-state index is 11.1. The van der Waals surface area contributed by atoms with Gasteiger partial charge in [0.1, 0.15) is 0 Å². The quantitative estimate of drug-likeness (QED) is 0.574. The monoisotopic (exact) mass is 171 g/mol. The number of hydrogen-bond donors (Lipinski definition) is 0. The van der Waals surface area contributed by atoms with Crippen molar-refractivity contribution in [3.05, 3.63) is 4.85 Å². The van der Waals surface area contributed by atoms with Crippen molar-refractivity contribution >= 4 is 17.7 Å². The van der Waals surface area contributed by atoms with Crippen molar-refractivity contribution in [1.29, 1.82) is 0 Å². The third kappa shape index (κ3) is 2.43. The normalized spacial score (nSPS) is 17.5. The van der Waals surface area contributed by atoms with Crippen LogP contribution in [0, 0.1) is 6.57 Å². The van der Waals surface area contributed by atoms with Crippen LogP contribution < -0.4 is 0 Å².